The van der Waals surface area contributed by atoms with Crippen LogP contribution in [0, 0.1) is 11.3 Å². The number of ether oxygens (including phenoxy) is 5. The molecule has 8 heteroatoms. The Morgan fingerprint density at radius 2 is 2.03 bits per heavy atom. The molecule has 1 saturated heterocycles. The molecule has 0 N–H and O–H groups in total. The minimum Gasteiger partial charge on any atom is -0.493 e. The number of rotatable bonds is 9. The normalized spacial score (nSPS) is 18.9. The first-order chi connectivity index (χ1) is 15.5. The summed E-state index contributed by atoms with van der Waals surface area (Å²) in [6.07, 6.45) is 5.17. The monoisotopic (exact) mass is 440 g/mol. The first-order valence-corrected chi connectivity index (χ1v) is 11.0. The predicted octanol–water partition coefficient (Wildman–Crippen LogP) is 3.68. The number of aromatic nitrogens is 1. The van der Waals surface area contributed by atoms with E-state index in [0.717, 1.165) is 12.3 Å². The molecule has 5 rings (SSSR count). The second-order valence-corrected chi connectivity index (χ2v) is 9.03. The molecule has 0 unspecified atom stereocenters. The number of anilines is 1. The van der Waals surface area contributed by atoms with Crippen LogP contribution in [0.1, 0.15) is 36.5 Å². The molecule has 2 fully saturated rings. The predicted molar refractivity (Wildman–Crippen MR) is 117 cm³/mol. The molecule has 0 atom stereocenters. The molecule has 1 aromatic carbocycles. The van der Waals surface area contributed by atoms with Gasteiger partial charge in [0.2, 0.25) is 5.88 Å². The van der Waals surface area contributed by atoms with Gasteiger partial charge in [-0.2, -0.15) is 0 Å². The topological polar surface area (TPSA) is 79.4 Å². The number of carbonyl (C=O) groups excluding carboxylic acids is 1. The lowest BCUT2D eigenvalue weighted by atomic mass is 9.90. The van der Waals surface area contributed by atoms with Crippen molar-refractivity contribution in [2.75, 3.05) is 45.2 Å². The summed E-state index contributed by atoms with van der Waals surface area (Å²) in [5.41, 5.74) is 1.08. The third kappa shape index (κ3) is 4.32. The van der Waals surface area contributed by atoms with Gasteiger partial charge in [-0.3, -0.25) is 9.69 Å². The van der Waals surface area contributed by atoms with E-state index in [2.05, 4.69) is 11.9 Å². The Bertz CT molecular complexity index is 1000. The standard InChI is InChI=1S/C24H28N2O6/c1-24(12-29-13-24)14-31-22-10-20-18(11-25-22)23(27)26(15-32-20)17-5-6-19(21(9-17)28-2)30-8-7-16-3-4-16/h5-6,9-11,16H,3-4,7-8,12-15H2,1-2H3. The highest BCUT2D eigenvalue weighted by atomic mass is 16.5. The fourth-order valence-corrected chi connectivity index (χ4v) is 3.78. The number of amides is 1. The second-order valence-electron chi connectivity index (χ2n) is 9.03. The molecular weight excluding hydrogens is 412 g/mol. The maximum atomic E-state index is 13.1. The van der Waals surface area contributed by atoms with Crippen molar-refractivity contribution in [3.8, 4) is 23.1 Å². The number of carbonyl (C=O) groups is 1. The van der Waals surface area contributed by atoms with Crippen LogP contribution in [0.2, 0.25) is 0 Å². The van der Waals surface area contributed by atoms with Gasteiger partial charge in [0.15, 0.2) is 18.2 Å². The second kappa shape index (κ2) is 8.50. The number of benzene rings is 1. The van der Waals surface area contributed by atoms with E-state index >= 15 is 0 Å². The number of nitrogens with zero attached hydrogens (tertiary/aromatic N) is 2. The van der Waals surface area contributed by atoms with Crippen molar-refractivity contribution in [1.82, 2.24) is 4.98 Å². The molecule has 1 aliphatic carbocycles. The average molecular weight is 440 g/mol. The van der Waals surface area contributed by atoms with Crippen molar-refractivity contribution in [3.63, 3.8) is 0 Å². The van der Waals surface area contributed by atoms with Gasteiger partial charge < -0.3 is 23.7 Å². The van der Waals surface area contributed by atoms with Gasteiger partial charge in [-0.1, -0.05) is 19.8 Å². The van der Waals surface area contributed by atoms with Crippen LogP contribution in [-0.4, -0.2) is 51.2 Å². The first-order valence-electron chi connectivity index (χ1n) is 11.0. The third-order valence-corrected chi connectivity index (χ3v) is 6.07. The minimum atomic E-state index is -0.186. The molecule has 2 aliphatic heterocycles. The summed E-state index contributed by atoms with van der Waals surface area (Å²) in [6, 6.07) is 7.15. The fraction of sp³-hybridized carbons (Fsp3) is 0.500. The molecule has 0 bridgehead atoms. The van der Waals surface area contributed by atoms with Crippen molar-refractivity contribution >= 4 is 11.6 Å². The Morgan fingerprint density at radius 3 is 2.75 bits per heavy atom. The van der Waals surface area contributed by atoms with Gasteiger partial charge in [-0.05, 0) is 24.5 Å². The van der Waals surface area contributed by atoms with Crippen molar-refractivity contribution in [1.29, 1.82) is 0 Å². The zero-order valence-corrected chi connectivity index (χ0v) is 18.5. The highest BCUT2D eigenvalue weighted by Gasteiger charge is 2.35. The van der Waals surface area contributed by atoms with Crippen molar-refractivity contribution in [2.24, 2.45) is 11.3 Å². The summed E-state index contributed by atoms with van der Waals surface area (Å²) in [4.78, 5) is 19.0. The van der Waals surface area contributed by atoms with Gasteiger partial charge in [0.05, 0.1) is 39.2 Å². The lowest BCUT2D eigenvalue weighted by Gasteiger charge is -2.37. The zero-order valence-electron chi connectivity index (χ0n) is 18.5. The van der Waals surface area contributed by atoms with E-state index in [9.17, 15) is 4.79 Å². The molecule has 3 aliphatic rings. The van der Waals surface area contributed by atoms with Crippen LogP contribution in [0.15, 0.2) is 30.5 Å². The molecule has 3 heterocycles. The third-order valence-electron chi connectivity index (χ3n) is 6.07. The molecule has 8 nitrogen and oxygen atoms in total. The average Bonchev–Trinajstić information content (AvgIpc) is 3.61. The van der Waals surface area contributed by atoms with Crippen molar-refractivity contribution < 1.29 is 28.5 Å². The Hall–Kier alpha value is -3.00. The van der Waals surface area contributed by atoms with Crippen molar-refractivity contribution in [2.45, 2.75) is 26.2 Å². The Labute approximate surface area is 187 Å². The summed E-state index contributed by atoms with van der Waals surface area (Å²) >= 11 is 0. The number of pyridine rings is 1. The van der Waals surface area contributed by atoms with Crippen LogP contribution >= 0.6 is 0 Å². The highest BCUT2D eigenvalue weighted by molar-refractivity contribution is 6.08. The van der Waals surface area contributed by atoms with Crippen LogP contribution < -0.4 is 23.8 Å². The maximum absolute atomic E-state index is 13.1. The van der Waals surface area contributed by atoms with E-state index in [1.807, 2.05) is 12.1 Å². The summed E-state index contributed by atoms with van der Waals surface area (Å²) in [5.74, 6) is 2.79. The van der Waals surface area contributed by atoms with E-state index in [1.165, 1.54) is 19.0 Å². The van der Waals surface area contributed by atoms with Gasteiger partial charge in [0.25, 0.3) is 5.91 Å². The van der Waals surface area contributed by atoms with Gasteiger partial charge >= 0.3 is 0 Å². The molecule has 1 aromatic heterocycles. The Morgan fingerprint density at radius 1 is 1.19 bits per heavy atom. The fourth-order valence-electron chi connectivity index (χ4n) is 3.78. The van der Waals surface area contributed by atoms with E-state index < -0.39 is 0 Å². The zero-order chi connectivity index (χ0) is 22.1. The van der Waals surface area contributed by atoms with Crippen LogP contribution in [0.4, 0.5) is 5.69 Å². The number of fused-ring (bicyclic) bond motifs is 1. The maximum Gasteiger partial charge on any atom is 0.266 e. The van der Waals surface area contributed by atoms with E-state index in [1.54, 1.807) is 24.1 Å². The van der Waals surface area contributed by atoms with Crippen LogP contribution in [-0.2, 0) is 4.74 Å². The summed E-state index contributed by atoms with van der Waals surface area (Å²) in [5, 5.41) is 0. The SMILES string of the molecule is COc1cc(N2COc3cc(OCC4(C)COC4)ncc3C2=O)ccc1OCCC1CC1. The lowest BCUT2D eigenvalue weighted by Crippen LogP contribution is -2.44. The van der Waals surface area contributed by atoms with Crippen LogP contribution in [0.5, 0.6) is 23.1 Å². The first kappa shape index (κ1) is 20.9. The molecule has 32 heavy (non-hydrogen) atoms. The quantitative estimate of drug-likeness (QED) is 0.588. The summed E-state index contributed by atoms with van der Waals surface area (Å²) in [7, 11) is 1.60. The van der Waals surface area contributed by atoms with E-state index in [4.69, 9.17) is 23.7 Å². The lowest BCUT2D eigenvalue weighted by molar-refractivity contribution is -0.120. The molecule has 1 saturated carbocycles. The molecule has 1 amide bonds. The van der Waals surface area contributed by atoms with Gasteiger partial charge in [0, 0.05) is 23.7 Å². The van der Waals surface area contributed by atoms with Gasteiger partial charge in [-0.25, -0.2) is 4.98 Å². The summed E-state index contributed by atoms with van der Waals surface area (Å²) in [6.45, 7) is 4.72. The number of hydrogen-bond donors (Lipinski definition) is 0. The molecular formula is C24H28N2O6. The molecule has 0 radical (unpaired) electrons. The number of hydrogen-bond acceptors (Lipinski definition) is 7. The molecule has 170 valence electrons. The van der Waals surface area contributed by atoms with Crippen LogP contribution in [0.3, 0.4) is 0 Å². The largest absolute Gasteiger partial charge is 0.493 e. The molecule has 0 spiro atoms. The highest BCUT2D eigenvalue weighted by Crippen LogP contribution is 2.37. The van der Waals surface area contributed by atoms with Crippen LogP contribution in [0.25, 0.3) is 0 Å². The minimum absolute atomic E-state index is 0.0118. The van der Waals surface area contributed by atoms with E-state index in [-0.39, 0.29) is 18.1 Å². The van der Waals surface area contributed by atoms with Gasteiger partial charge in [-0.15, -0.1) is 0 Å². The molecule has 2 aromatic rings. The van der Waals surface area contributed by atoms with E-state index in [0.29, 0.717) is 60.8 Å². The smallest absolute Gasteiger partial charge is 0.266 e. The Balaban J connectivity index is 1.27. The number of methoxy groups -OCH3 is 1. The summed E-state index contributed by atoms with van der Waals surface area (Å²) < 4.78 is 28.3. The van der Waals surface area contributed by atoms with Crippen molar-refractivity contribution in [3.05, 3.63) is 36.0 Å². The van der Waals surface area contributed by atoms with Gasteiger partial charge in [0.1, 0.15) is 11.3 Å². The Kier molecular flexibility index (Phi) is 5.55.